The highest BCUT2D eigenvalue weighted by molar-refractivity contribution is 6.32. The Labute approximate surface area is 229 Å². The topological polar surface area (TPSA) is 106 Å². The fraction of sp³-hybridized carbons (Fsp3) is 0.296. The van der Waals surface area contributed by atoms with Gasteiger partial charge in [-0.1, -0.05) is 11.6 Å². The molecule has 0 spiro atoms. The molecule has 2 aliphatic rings. The maximum atomic E-state index is 6.60. The molecule has 12 heteroatoms. The van der Waals surface area contributed by atoms with E-state index in [1.807, 2.05) is 41.9 Å². The van der Waals surface area contributed by atoms with Crippen LogP contribution in [0.25, 0.3) is 22.1 Å². The van der Waals surface area contributed by atoms with E-state index in [9.17, 15) is 0 Å². The van der Waals surface area contributed by atoms with Crippen LogP contribution < -0.4 is 15.0 Å². The third kappa shape index (κ3) is 4.69. The molecule has 7 rings (SSSR count). The first-order valence-electron chi connectivity index (χ1n) is 12.8. The van der Waals surface area contributed by atoms with Crippen molar-refractivity contribution in [3.8, 4) is 11.5 Å². The highest BCUT2D eigenvalue weighted by Crippen LogP contribution is 2.34. The summed E-state index contributed by atoms with van der Waals surface area (Å²) in [6, 6.07) is 11.8. The summed E-state index contributed by atoms with van der Waals surface area (Å²) >= 11 is 6.60. The molecule has 2 saturated heterocycles. The van der Waals surface area contributed by atoms with E-state index in [4.69, 9.17) is 26.1 Å². The average Bonchev–Trinajstić information content (AvgIpc) is 3.29. The molecule has 0 atom stereocenters. The predicted octanol–water partition coefficient (Wildman–Crippen LogP) is 4.02. The predicted molar refractivity (Wildman–Crippen MR) is 149 cm³/mol. The van der Waals surface area contributed by atoms with E-state index in [1.165, 1.54) is 6.33 Å². The summed E-state index contributed by atoms with van der Waals surface area (Å²) in [6.07, 6.45) is 5.03. The van der Waals surface area contributed by atoms with Gasteiger partial charge in [0.1, 0.15) is 28.9 Å². The molecule has 0 unspecified atom stereocenters. The minimum Gasteiger partial charge on any atom is -0.456 e. The number of anilines is 3. The number of rotatable bonds is 6. The maximum absolute atomic E-state index is 6.60. The van der Waals surface area contributed by atoms with Crippen molar-refractivity contribution in [1.82, 2.24) is 34.4 Å². The number of halogens is 1. The fourth-order valence-corrected chi connectivity index (χ4v) is 5.13. The van der Waals surface area contributed by atoms with Gasteiger partial charge >= 0.3 is 0 Å². The molecule has 2 aliphatic heterocycles. The van der Waals surface area contributed by atoms with Gasteiger partial charge in [-0.2, -0.15) is 0 Å². The smallest absolute Gasteiger partial charge is 0.226 e. The summed E-state index contributed by atoms with van der Waals surface area (Å²) in [5.41, 5.74) is 3.96. The summed E-state index contributed by atoms with van der Waals surface area (Å²) in [4.78, 5) is 27.3. The Morgan fingerprint density at radius 1 is 0.974 bits per heavy atom. The second-order valence-corrected chi connectivity index (χ2v) is 10.1. The molecule has 3 aromatic heterocycles. The third-order valence-corrected chi connectivity index (χ3v) is 7.51. The van der Waals surface area contributed by atoms with E-state index < -0.39 is 0 Å². The van der Waals surface area contributed by atoms with E-state index in [0.717, 1.165) is 56.1 Å². The number of aromatic nitrogens is 6. The van der Waals surface area contributed by atoms with Gasteiger partial charge in [0.25, 0.3) is 0 Å². The summed E-state index contributed by atoms with van der Waals surface area (Å²) in [7, 11) is 1.96. The van der Waals surface area contributed by atoms with Crippen LogP contribution in [0.3, 0.4) is 0 Å². The number of hydrogen-bond donors (Lipinski definition) is 1. The van der Waals surface area contributed by atoms with Gasteiger partial charge in [0, 0.05) is 45.0 Å². The standard InChI is InChI=1S/C27H26ClN9O2/c1-35-16-32-21-11-19(3-4-23(21)35)39-24-5-2-17(10-20(24)28)33-26-25-22(30-15-31-26)12-29-27(34-25)37-8-6-36(7-9-37)18-13-38-14-18/h2-5,10-12,15-16,18H,6-9,13-14H2,1H3,(H,30,31,33). The molecular weight excluding hydrogens is 518 g/mol. The van der Waals surface area contributed by atoms with Gasteiger partial charge in [-0.15, -0.1) is 0 Å². The monoisotopic (exact) mass is 543 g/mol. The van der Waals surface area contributed by atoms with Crippen LogP contribution in [0.2, 0.25) is 5.02 Å². The molecule has 0 amide bonds. The zero-order valence-corrected chi connectivity index (χ0v) is 22.0. The van der Waals surface area contributed by atoms with Gasteiger partial charge in [0.2, 0.25) is 5.95 Å². The number of ether oxygens (including phenoxy) is 2. The summed E-state index contributed by atoms with van der Waals surface area (Å²) in [5.74, 6) is 2.47. The van der Waals surface area contributed by atoms with E-state index in [2.05, 4.69) is 35.1 Å². The summed E-state index contributed by atoms with van der Waals surface area (Å²) in [5, 5.41) is 3.80. The van der Waals surface area contributed by atoms with Gasteiger partial charge in [-0.25, -0.2) is 24.9 Å². The number of piperazine rings is 1. The minimum atomic E-state index is 0.463. The first-order chi connectivity index (χ1) is 19.1. The second-order valence-electron chi connectivity index (χ2n) is 9.72. The summed E-state index contributed by atoms with van der Waals surface area (Å²) in [6.45, 7) is 5.32. The van der Waals surface area contributed by atoms with E-state index in [0.29, 0.717) is 45.4 Å². The Kier molecular flexibility index (Phi) is 6.11. The molecule has 0 bridgehead atoms. The van der Waals surface area contributed by atoms with Crippen LogP contribution in [0.1, 0.15) is 0 Å². The van der Waals surface area contributed by atoms with Gasteiger partial charge in [0.05, 0.1) is 47.8 Å². The SMILES string of the molecule is Cn1cnc2cc(Oc3ccc(Nc4ncnc5cnc(N6CCN(C7COC7)CC6)nc45)cc3Cl)ccc21. The normalized spacial score (nSPS) is 16.5. The minimum absolute atomic E-state index is 0.463. The Balaban J connectivity index is 1.09. The van der Waals surface area contributed by atoms with Crippen LogP contribution >= 0.6 is 11.6 Å². The molecule has 2 fully saturated rings. The summed E-state index contributed by atoms with van der Waals surface area (Å²) < 4.78 is 13.4. The van der Waals surface area contributed by atoms with E-state index >= 15 is 0 Å². The second kappa shape index (κ2) is 9.92. The molecule has 0 radical (unpaired) electrons. The van der Waals surface area contributed by atoms with E-state index in [-0.39, 0.29) is 0 Å². The van der Waals surface area contributed by atoms with Crippen molar-refractivity contribution in [2.24, 2.45) is 7.05 Å². The molecule has 11 nitrogen and oxygen atoms in total. The van der Waals surface area contributed by atoms with Gasteiger partial charge in [-0.3, -0.25) is 4.90 Å². The molecule has 0 saturated carbocycles. The zero-order chi connectivity index (χ0) is 26.3. The number of aryl methyl sites for hydroxylation is 1. The number of benzene rings is 2. The molecule has 39 heavy (non-hydrogen) atoms. The molecule has 5 aromatic rings. The van der Waals surface area contributed by atoms with Crippen molar-refractivity contribution in [2.75, 3.05) is 49.6 Å². The number of fused-ring (bicyclic) bond motifs is 2. The Hall–Kier alpha value is -4.06. The molecular formula is C27H26ClN9O2. The van der Waals surface area contributed by atoms with Crippen LogP contribution in [0.5, 0.6) is 11.5 Å². The largest absolute Gasteiger partial charge is 0.456 e. The quantitative estimate of drug-likeness (QED) is 0.337. The van der Waals surface area contributed by atoms with Gasteiger partial charge < -0.3 is 24.3 Å². The van der Waals surface area contributed by atoms with Crippen molar-refractivity contribution < 1.29 is 9.47 Å². The maximum Gasteiger partial charge on any atom is 0.226 e. The number of nitrogens with zero attached hydrogens (tertiary/aromatic N) is 8. The molecule has 2 aromatic carbocycles. The van der Waals surface area contributed by atoms with Crippen LogP contribution in [-0.4, -0.2) is 79.8 Å². The Bertz CT molecular complexity index is 1660. The highest BCUT2D eigenvalue weighted by Gasteiger charge is 2.29. The van der Waals surface area contributed by atoms with Crippen LogP contribution in [0, 0.1) is 0 Å². The zero-order valence-electron chi connectivity index (χ0n) is 21.3. The lowest BCUT2D eigenvalue weighted by Gasteiger charge is -2.42. The van der Waals surface area contributed by atoms with Crippen molar-refractivity contribution in [3.05, 3.63) is 60.3 Å². The number of imidazole rings is 1. The van der Waals surface area contributed by atoms with Crippen molar-refractivity contribution in [2.45, 2.75) is 6.04 Å². The Morgan fingerprint density at radius 2 is 1.85 bits per heavy atom. The third-order valence-electron chi connectivity index (χ3n) is 7.22. The van der Waals surface area contributed by atoms with Crippen molar-refractivity contribution in [1.29, 1.82) is 0 Å². The van der Waals surface area contributed by atoms with Crippen LogP contribution in [0.15, 0.2) is 55.2 Å². The molecule has 1 N–H and O–H groups in total. The van der Waals surface area contributed by atoms with Crippen LogP contribution in [-0.2, 0) is 11.8 Å². The van der Waals surface area contributed by atoms with Crippen molar-refractivity contribution >= 4 is 51.1 Å². The lowest BCUT2D eigenvalue weighted by Crippen LogP contribution is -2.56. The van der Waals surface area contributed by atoms with Crippen molar-refractivity contribution in [3.63, 3.8) is 0 Å². The van der Waals surface area contributed by atoms with E-state index in [1.54, 1.807) is 18.6 Å². The first-order valence-corrected chi connectivity index (χ1v) is 13.2. The molecule has 198 valence electrons. The highest BCUT2D eigenvalue weighted by atomic mass is 35.5. The lowest BCUT2D eigenvalue weighted by atomic mass is 10.2. The molecule has 0 aliphatic carbocycles. The number of hydrogen-bond acceptors (Lipinski definition) is 10. The lowest BCUT2D eigenvalue weighted by molar-refractivity contribution is -0.0661. The Morgan fingerprint density at radius 3 is 2.64 bits per heavy atom. The van der Waals surface area contributed by atoms with Crippen LogP contribution in [0.4, 0.5) is 17.5 Å². The van der Waals surface area contributed by atoms with Gasteiger partial charge in [-0.05, 0) is 30.3 Å². The number of nitrogens with one attached hydrogen (secondary N) is 1. The first kappa shape index (κ1) is 24.0. The molecule has 5 heterocycles. The average molecular weight is 544 g/mol. The van der Waals surface area contributed by atoms with Gasteiger partial charge in [0.15, 0.2) is 5.82 Å². The fourth-order valence-electron chi connectivity index (χ4n) is 4.91.